The topological polar surface area (TPSA) is 61.4 Å². The Morgan fingerprint density at radius 2 is 1.89 bits per heavy atom. The Hall–Kier alpha value is -1.76. The number of aliphatic hydroxyl groups excluding tert-OH is 1. The summed E-state index contributed by atoms with van der Waals surface area (Å²) >= 11 is 0. The minimum Gasteiger partial charge on any atom is -0.391 e. The standard InChI is InChI=1S/C12H15F3N2O2/c1-2-10(18)7-16-11(19)17-9-5-3-8(4-6-9)12(13,14)15/h3-6,10,18H,2,7H2,1H3,(H2,16,17,19). The van der Waals surface area contributed by atoms with Crippen molar-refractivity contribution in [2.24, 2.45) is 0 Å². The van der Waals surface area contributed by atoms with Crippen molar-refractivity contribution < 1.29 is 23.1 Å². The number of hydrogen-bond donors (Lipinski definition) is 3. The minimum absolute atomic E-state index is 0.0863. The quantitative estimate of drug-likeness (QED) is 0.791. The lowest BCUT2D eigenvalue weighted by molar-refractivity contribution is -0.137. The number of rotatable bonds is 4. The number of urea groups is 1. The SMILES string of the molecule is CCC(O)CNC(=O)Nc1ccc(C(F)(F)F)cc1. The van der Waals surface area contributed by atoms with E-state index < -0.39 is 23.9 Å². The van der Waals surface area contributed by atoms with Crippen molar-refractivity contribution in [3.63, 3.8) is 0 Å². The molecule has 0 radical (unpaired) electrons. The van der Waals surface area contributed by atoms with Crippen molar-refractivity contribution in [3.8, 4) is 0 Å². The maximum absolute atomic E-state index is 12.3. The number of nitrogens with one attached hydrogen (secondary N) is 2. The van der Waals surface area contributed by atoms with Crippen LogP contribution in [-0.4, -0.2) is 23.8 Å². The highest BCUT2D eigenvalue weighted by atomic mass is 19.4. The van der Waals surface area contributed by atoms with Crippen molar-refractivity contribution >= 4 is 11.7 Å². The fourth-order valence-electron chi connectivity index (χ4n) is 1.27. The summed E-state index contributed by atoms with van der Waals surface area (Å²) in [5.74, 6) is 0. The van der Waals surface area contributed by atoms with Gasteiger partial charge in [-0.15, -0.1) is 0 Å². The molecule has 1 aromatic carbocycles. The van der Waals surface area contributed by atoms with E-state index in [-0.39, 0.29) is 12.2 Å². The molecule has 1 atom stereocenters. The Labute approximate surface area is 108 Å². The highest BCUT2D eigenvalue weighted by Gasteiger charge is 2.29. The number of halogens is 3. The van der Waals surface area contributed by atoms with Crippen molar-refractivity contribution in [1.82, 2.24) is 5.32 Å². The number of anilines is 1. The Morgan fingerprint density at radius 3 is 2.37 bits per heavy atom. The van der Waals surface area contributed by atoms with Gasteiger partial charge in [-0.25, -0.2) is 4.79 Å². The van der Waals surface area contributed by atoms with E-state index in [1.54, 1.807) is 6.92 Å². The molecule has 0 aliphatic heterocycles. The Bertz CT molecular complexity index is 418. The maximum atomic E-state index is 12.3. The van der Waals surface area contributed by atoms with Crippen LogP contribution in [0.25, 0.3) is 0 Å². The van der Waals surface area contributed by atoms with Crippen LogP contribution in [0.15, 0.2) is 24.3 Å². The highest BCUT2D eigenvalue weighted by Crippen LogP contribution is 2.29. The third kappa shape index (κ3) is 5.17. The fourth-order valence-corrected chi connectivity index (χ4v) is 1.27. The summed E-state index contributed by atoms with van der Waals surface area (Å²) in [4.78, 5) is 11.4. The third-order valence-corrected chi connectivity index (χ3v) is 2.44. The molecule has 0 fully saturated rings. The molecule has 0 spiro atoms. The van der Waals surface area contributed by atoms with Crippen LogP contribution in [0, 0.1) is 0 Å². The molecule has 19 heavy (non-hydrogen) atoms. The number of amides is 2. The molecule has 0 aliphatic carbocycles. The molecule has 0 aliphatic rings. The first kappa shape index (κ1) is 15.3. The normalized spacial score (nSPS) is 12.9. The smallest absolute Gasteiger partial charge is 0.391 e. The molecule has 1 rings (SSSR count). The molecule has 1 unspecified atom stereocenters. The number of carbonyl (C=O) groups excluding carboxylic acids is 1. The van der Waals surface area contributed by atoms with Crippen LogP contribution >= 0.6 is 0 Å². The van der Waals surface area contributed by atoms with Gasteiger partial charge in [-0.3, -0.25) is 0 Å². The van der Waals surface area contributed by atoms with Gasteiger partial charge in [-0.1, -0.05) is 6.92 Å². The second-order valence-corrected chi connectivity index (χ2v) is 3.97. The number of benzene rings is 1. The monoisotopic (exact) mass is 276 g/mol. The zero-order chi connectivity index (χ0) is 14.5. The van der Waals surface area contributed by atoms with Crippen molar-refractivity contribution in [3.05, 3.63) is 29.8 Å². The zero-order valence-electron chi connectivity index (χ0n) is 10.3. The highest BCUT2D eigenvalue weighted by molar-refractivity contribution is 5.89. The first-order chi connectivity index (χ1) is 8.82. The summed E-state index contributed by atoms with van der Waals surface area (Å²) in [6.45, 7) is 1.85. The van der Waals surface area contributed by atoms with Gasteiger partial charge in [0.1, 0.15) is 0 Å². The van der Waals surface area contributed by atoms with E-state index in [1.165, 1.54) is 12.1 Å². The van der Waals surface area contributed by atoms with Crippen LogP contribution in [0.2, 0.25) is 0 Å². The van der Waals surface area contributed by atoms with Gasteiger partial charge in [0, 0.05) is 12.2 Å². The Balaban J connectivity index is 2.51. The first-order valence-corrected chi connectivity index (χ1v) is 5.73. The van der Waals surface area contributed by atoms with Gasteiger partial charge in [0.25, 0.3) is 0 Å². The molecule has 1 aromatic rings. The van der Waals surface area contributed by atoms with Crippen molar-refractivity contribution in [2.75, 3.05) is 11.9 Å². The predicted octanol–water partition coefficient (Wildman–Crippen LogP) is 2.60. The van der Waals surface area contributed by atoms with E-state index in [1.807, 2.05) is 0 Å². The van der Waals surface area contributed by atoms with Crippen LogP contribution < -0.4 is 10.6 Å². The molecule has 2 amide bonds. The van der Waals surface area contributed by atoms with E-state index in [0.717, 1.165) is 12.1 Å². The van der Waals surface area contributed by atoms with E-state index in [4.69, 9.17) is 0 Å². The third-order valence-electron chi connectivity index (χ3n) is 2.44. The van der Waals surface area contributed by atoms with Crippen LogP contribution in [0.1, 0.15) is 18.9 Å². The van der Waals surface area contributed by atoms with Gasteiger partial charge < -0.3 is 15.7 Å². The lowest BCUT2D eigenvalue weighted by atomic mass is 10.2. The molecular formula is C12H15F3N2O2. The summed E-state index contributed by atoms with van der Waals surface area (Å²) in [5, 5.41) is 14.0. The van der Waals surface area contributed by atoms with E-state index in [9.17, 15) is 23.1 Å². The summed E-state index contributed by atoms with van der Waals surface area (Å²) in [7, 11) is 0. The average molecular weight is 276 g/mol. The molecule has 3 N–H and O–H groups in total. The van der Waals surface area contributed by atoms with Crippen LogP contribution in [0.4, 0.5) is 23.7 Å². The lowest BCUT2D eigenvalue weighted by Crippen LogP contribution is -2.34. The van der Waals surface area contributed by atoms with E-state index >= 15 is 0 Å². The number of carbonyl (C=O) groups is 1. The van der Waals surface area contributed by atoms with Gasteiger partial charge in [0.15, 0.2) is 0 Å². The average Bonchev–Trinajstić information content (AvgIpc) is 2.35. The Morgan fingerprint density at radius 1 is 1.32 bits per heavy atom. The number of aliphatic hydroxyl groups is 1. The summed E-state index contributed by atoms with van der Waals surface area (Å²) < 4.78 is 36.9. The molecule has 0 bridgehead atoms. The van der Waals surface area contributed by atoms with Crippen LogP contribution in [0.3, 0.4) is 0 Å². The van der Waals surface area contributed by atoms with Gasteiger partial charge in [0.05, 0.1) is 11.7 Å². The second kappa shape index (κ2) is 6.42. The maximum Gasteiger partial charge on any atom is 0.416 e. The number of hydrogen-bond acceptors (Lipinski definition) is 2. The molecule has 106 valence electrons. The molecule has 7 heteroatoms. The molecule has 4 nitrogen and oxygen atoms in total. The van der Waals surface area contributed by atoms with Crippen LogP contribution in [-0.2, 0) is 6.18 Å². The molecular weight excluding hydrogens is 261 g/mol. The Kier molecular flexibility index (Phi) is 5.17. The van der Waals surface area contributed by atoms with Crippen molar-refractivity contribution in [2.45, 2.75) is 25.6 Å². The number of alkyl halides is 3. The molecule has 0 saturated carbocycles. The predicted molar refractivity (Wildman–Crippen MR) is 64.8 cm³/mol. The second-order valence-electron chi connectivity index (χ2n) is 3.97. The van der Waals surface area contributed by atoms with Crippen LogP contribution in [0.5, 0.6) is 0 Å². The summed E-state index contributed by atoms with van der Waals surface area (Å²) in [5.41, 5.74) is -0.531. The summed E-state index contributed by atoms with van der Waals surface area (Å²) in [6, 6.07) is 3.52. The zero-order valence-corrected chi connectivity index (χ0v) is 10.3. The lowest BCUT2D eigenvalue weighted by Gasteiger charge is -2.11. The fraction of sp³-hybridized carbons (Fsp3) is 0.417. The van der Waals surface area contributed by atoms with E-state index in [2.05, 4.69) is 10.6 Å². The minimum atomic E-state index is -4.40. The molecule has 0 heterocycles. The van der Waals surface area contributed by atoms with Crippen molar-refractivity contribution in [1.29, 1.82) is 0 Å². The van der Waals surface area contributed by atoms with E-state index in [0.29, 0.717) is 6.42 Å². The van der Waals surface area contributed by atoms with Gasteiger partial charge in [-0.05, 0) is 30.7 Å². The van der Waals surface area contributed by atoms with Gasteiger partial charge in [-0.2, -0.15) is 13.2 Å². The summed E-state index contributed by atoms with van der Waals surface area (Å²) in [6.07, 6.45) is -4.54. The molecule has 0 saturated heterocycles. The first-order valence-electron chi connectivity index (χ1n) is 5.73. The largest absolute Gasteiger partial charge is 0.416 e. The molecule has 0 aromatic heterocycles. The van der Waals surface area contributed by atoms with Gasteiger partial charge in [0.2, 0.25) is 0 Å². The van der Waals surface area contributed by atoms with Gasteiger partial charge >= 0.3 is 12.2 Å².